The van der Waals surface area contributed by atoms with E-state index in [9.17, 15) is 4.79 Å². The van der Waals surface area contributed by atoms with Gasteiger partial charge in [0.15, 0.2) is 0 Å². The van der Waals surface area contributed by atoms with Crippen molar-refractivity contribution in [1.82, 2.24) is 24.5 Å². The van der Waals surface area contributed by atoms with Crippen LogP contribution in [0.15, 0.2) is 5.16 Å². The Bertz CT molecular complexity index is 751. The predicted octanol–water partition coefficient (Wildman–Crippen LogP) is 2.93. The number of hydrogen-bond donors (Lipinski definition) is 0. The summed E-state index contributed by atoms with van der Waals surface area (Å²) in [7, 11) is 1.93. The van der Waals surface area contributed by atoms with Crippen molar-refractivity contribution >= 4 is 23.4 Å². The van der Waals surface area contributed by atoms with E-state index in [0.717, 1.165) is 29.8 Å². The highest BCUT2D eigenvalue weighted by molar-refractivity contribution is 7.99. The van der Waals surface area contributed by atoms with E-state index in [1.54, 1.807) is 4.52 Å². The van der Waals surface area contributed by atoms with Crippen LogP contribution < -0.4 is 0 Å². The third-order valence-corrected chi connectivity index (χ3v) is 5.90. The Morgan fingerprint density at radius 1 is 1.21 bits per heavy atom. The molecule has 6 nitrogen and oxygen atoms in total. The molecule has 2 heterocycles. The van der Waals surface area contributed by atoms with Crippen molar-refractivity contribution in [2.45, 2.75) is 64.1 Å². The number of carbonyl (C=O) groups excluding carboxylic acids is 1. The summed E-state index contributed by atoms with van der Waals surface area (Å²) in [5.74, 6) is 1.13. The van der Waals surface area contributed by atoms with E-state index in [4.69, 9.17) is 0 Å². The molecule has 0 aromatic carbocycles. The number of aryl methyl sites for hydroxylation is 2. The summed E-state index contributed by atoms with van der Waals surface area (Å²) < 4.78 is 1.76. The first-order valence-electron chi connectivity index (χ1n) is 8.56. The van der Waals surface area contributed by atoms with Crippen LogP contribution in [0, 0.1) is 20.8 Å². The second-order valence-electron chi connectivity index (χ2n) is 6.60. The van der Waals surface area contributed by atoms with Gasteiger partial charge in [-0.2, -0.15) is 4.98 Å². The van der Waals surface area contributed by atoms with E-state index in [0.29, 0.717) is 22.7 Å². The maximum absolute atomic E-state index is 12.4. The van der Waals surface area contributed by atoms with E-state index >= 15 is 0 Å². The van der Waals surface area contributed by atoms with E-state index in [1.807, 2.05) is 32.7 Å². The number of thioether (sulfide) groups is 1. The Morgan fingerprint density at radius 2 is 1.92 bits per heavy atom. The standard InChI is InChI=1S/C17H25N5OS/c1-11-12(2)18-16-19-17(20-22(16)13(11)3)24-10-15(23)21(4)14-8-6-5-7-9-14/h14H,5-10H2,1-4H3. The largest absolute Gasteiger partial charge is 0.342 e. The molecule has 1 fully saturated rings. The second kappa shape index (κ2) is 7.09. The quantitative estimate of drug-likeness (QED) is 0.796. The molecule has 1 aliphatic carbocycles. The molecule has 0 N–H and O–H groups in total. The Hall–Kier alpha value is -1.63. The van der Waals surface area contributed by atoms with Crippen molar-refractivity contribution in [2.75, 3.05) is 12.8 Å². The zero-order valence-electron chi connectivity index (χ0n) is 14.9. The van der Waals surface area contributed by atoms with Crippen LogP contribution in [0.2, 0.25) is 0 Å². The molecule has 1 saturated carbocycles. The first-order chi connectivity index (χ1) is 11.5. The smallest absolute Gasteiger partial charge is 0.253 e. The van der Waals surface area contributed by atoms with E-state index in [-0.39, 0.29) is 5.91 Å². The second-order valence-corrected chi connectivity index (χ2v) is 7.54. The number of aromatic nitrogens is 4. The van der Waals surface area contributed by atoms with Gasteiger partial charge in [-0.15, -0.1) is 5.10 Å². The van der Waals surface area contributed by atoms with Gasteiger partial charge in [0, 0.05) is 24.5 Å². The van der Waals surface area contributed by atoms with Gasteiger partial charge in [0.1, 0.15) is 0 Å². The van der Waals surface area contributed by atoms with Crippen LogP contribution in [-0.2, 0) is 4.79 Å². The van der Waals surface area contributed by atoms with Crippen molar-refractivity contribution in [2.24, 2.45) is 0 Å². The third-order valence-electron chi connectivity index (χ3n) is 5.08. The molecule has 0 unspecified atom stereocenters. The molecule has 2 aromatic rings. The van der Waals surface area contributed by atoms with Crippen LogP contribution in [0.5, 0.6) is 0 Å². The number of hydrogen-bond acceptors (Lipinski definition) is 5. The van der Waals surface area contributed by atoms with Crippen LogP contribution in [0.4, 0.5) is 0 Å². The molecule has 130 valence electrons. The Morgan fingerprint density at radius 3 is 2.62 bits per heavy atom. The lowest BCUT2D eigenvalue weighted by atomic mass is 9.94. The maximum Gasteiger partial charge on any atom is 0.253 e. The number of amides is 1. The topological polar surface area (TPSA) is 63.4 Å². The van der Waals surface area contributed by atoms with Crippen LogP contribution in [0.1, 0.15) is 49.1 Å². The van der Waals surface area contributed by atoms with Gasteiger partial charge in [0.05, 0.1) is 5.75 Å². The number of nitrogens with zero attached hydrogens (tertiary/aromatic N) is 5. The molecule has 0 spiro atoms. The molecule has 3 rings (SSSR count). The third kappa shape index (κ3) is 3.41. The first kappa shape index (κ1) is 17.2. The van der Waals surface area contributed by atoms with E-state index < -0.39 is 0 Å². The predicted molar refractivity (Wildman–Crippen MR) is 95.4 cm³/mol. The number of carbonyl (C=O) groups is 1. The SMILES string of the molecule is Cc1nc2nc(SCC(=O)N(C)C3CCCCC3)nn2c(C)c1C. The molecule has 0 radical (unpaired) electrons. The summed E-state index contributed by atoms with van der Waals surface area (Å²) in [6.45, 7) is 6.03. The zero-order valence-corrected chi connectivity index (χ0v) is 15.7. The minimum absolute atomic E-state index is 0.155. The van der Waals surface area contributed by atoms with Crippen LogP contribution in [-0.4, -0.2) is 49.2 Å². The molecule has 24 heavy (non-hydrogen) atoms. The van der Waals surface area contributed by atoms with Crippen molar-refractivity contribution < 1.29 is 4.79 Å². The Balaban J connectivity index is 1.67. The lowest BCUT2D eigenvalue weighted by Gasteiger charge is -2.31. The van der Waals surface area contributed by atoms with Gasteiger partial charge in [0.2, 0.25) is 11.1 Å². The van der Waals surface area contributed by atoms with Crippen LogP contribution >= 0.6 is 11.8 Å². The molecule has 1 aliphatic rings. The Labute approximate surface area is 147 Å². The fraction of sp³-hybridized carbons (Fsp3) is 0.647. The summed E-state index contributed by atoms with van der Waals surface area (Å²) in [5.41, 5.74) is 3.14. The summed E-state index contributed by atoms with van der Waals surface area (Å²) in [6, 6.07) is 0.398. The molecular weight excluding hydrogens is 322 g/mol. The minimum Gasteiger partial charge on any atom is -0.342 e. The lowest BCUT2D eigenvalue weighted by molar-refractivity contribution is -0.129. The molecule has 0 atom stereocenters. The van der Waals surface area contributed by atoms with Gasteiger partial charge >= 0.3 is 0 Å². The summed E-state index contributed by atoms with van der Waals surface area (Å²) in [5, 5.41) is 5.11. The van der Waals surface area contributed by atoms with Gasteiger partial charge in [-0.25, -0.2) is 9.50 Å². The highest BCUT2D eigenvalue weighted by atomic mass is 32.2. The minimum atomic E-state index is 0.155. The van der Waals surface area contributed by atoms with E-state index in [2.05, 4.69) is 15.1 Å². The van der Waals surface area contributed by atoms with Crippen molar-refractivity contribution in [3.63, 3.8) is 0 Å². The molecule has 0 saturated heterocycles. The molecule has 7 heteroatoms. The van der Waals surface area contributed by atoms with Crippen LogP contribution in [0.3, 0.4) is 0 Å². The molecule has 1 amide bonds. The van der Waals surface area contributed by atoms with Crippen molar-refractivity contribution in [3.8, 4) is 0 Å². The van der Waals surface area contributed by atoms with Gasteiger partial charge < -0.3 is 4.90 Å². The summed E-state index contributed by atoms with van der Waals surface area (Å²) in [6.07, 6.45) is 6.01. The summed E-state index contributed by atoms with van der Waals surface area (Å²) >= 11 is 1.39. The Kier molecular flexibility index (Phi) is 5.08. The van der Waals surface area contributed by atoms with Gasteiger partial charge in [-0.3, -0.25) is 4.79 Å². The molecular formula is C17H25N5OS. The fourth-order valence-electron chi connectivity index (χ4n) is 3.20. The number of fused-ring (bicyclic) bond motifs is 1. The average molecular weight is 347 g/mol. The monoisotopic (exact) mass is 347 g/mol. The number of rotatable bonds is 4. The average Bonchev–Trinajstić information content (AvgIpc) is 3.00. The van der Waals surface area contributed by atoms with E-state index in [1.165, 1.54) is 31.0 Å². The first-order valence-corrected chi connectivity index (χ1v) is 9.55. The highest BCUT2D eigenvalue weighted by Gasteiger charge is 2.22. The fourth-order valence-corrected chi connectivity index (χ4v) is 3.94. The molecule has 0 bridgehead atoms. The maximum atomic E-state index is 12.4. The highest BCUT2D eigenvalue weighted by Crippen LogP contribution is 2.23. The van der Waals surface area contributed by atoms with Gasteiger partial charge in [-0.05, 0) is 39.2 Å². The zero-order chi connectivity index (χ0) is 17.3. The van der Waals surface area contributed by atoms with Crippen molar-refractivity contribution in [3.05, 3.63) is 17.0 Å². The lowest BCUT2D eigenvalue weighted by Crippen LogP contribution is -2.39. The molecule has 2 aromatic heterocycles. The van der Waals surface area contributed by atoms with Gasteiger partial charge in [-0.1, -0.05) is 31.0 Å². The van der Waals surface area contributed by atoms with Crippen molar-refractivity contribution in [1.29, 1.82) is 0 Å². The van der Waals surface area contributed by atoms with Gasteiger partial charge in [0.25, 0.3) is 5.78 Å². The normalized spacial score (nSPS) is 15.8. The summed E-state index contributed by atoms with van der Waals surface area (Å²) in [4.78, 5) is 23.3. The molecule has 0 aliphatic heterocycles. The van der Waals surface area contributed by atoms with Crippen LogP contribution in [0.25, 0.3) is 5.78 Å².